The highest BCUT2D eigenvalue weighted by Crippen LogP contribution is 2.17. The van der Waals surface area contributed by atoms with Crippen LogP contribution in [0, 0.1) is 0 Å². The third-order valence-corrected chi connectivity index (χ3v) is 2.17. The molecule has 0 bridgehead atoms. The summed E-state index contributed by atoms with van der Waals surface area (Å²) in [5.41, 5.74) is 13.0. The molecule has 0 amide bonds. The van der Waals surface area contributed by atoms with Gasteiger partial charge in [0.2, 0.25) is 5.54 Å². The van der Waals surface area contributed by atoms with Crippen LogP contribution >= 0.6 is 12.4 Å². The number of ether oxygens (including phenoxy) is 1. The number of rotatable bonds is 6. The summed E-state index contributed by atoms with van der Waals surface area (Å²) in [4.78, 5) is 26.7. The van der Waals surface area contributed by atoms with Gasteiger partial charge in [-0.1, -0.05) is 0 Å². The lowest BCUT2D eigenvalue weighted by Crippen LogP contribution is -2.57. The van der Waals surface area contributed by atoms with Gasteiger partial charge in [-0.3, -0.25) is 4.99 Å². The van der Waals surface area contributed by atoms with Crippen LogP contribution in [0.1, 0.15) is 33.6 Å². The Morgan fingerprint density at radius 1 is 1.25 bits per heavy atom. The number of carboxylic acids is 1. The number of carbonyl (C=O) groups is 2. The second kappa shape index (κ2) is 7.91. The minimum Gasteiger partial charge on any atom is -0.479 e. The van der Waals surface area contributed by atoms with Gasteiger partial charge in [0, 0.05) is 6.54 Å². The molecule has 0 aliphatic rings. The van der Waals surface area contributed by atoms with Crippen LogP contribution < -0.4 is 17.2 Å². The third-order valence-electron chi connectivity index (χ3n) is 2.17. The molecule has 0 aliphatic carbocycles. The molecule has 0 rings (SSSR count). The van der Waals surface area contributed by atoms with E-state index in [0.29, 0.717) is 0 Å². The quantitative estimate of drug-likeness (QED) is 0.171. The number of hydrogen-bond acceptors (Lipinski definition) is 5. The van der Waals surface area contributed by atoms with Crippen LogP contribution in [-0.2, 0) is 14.3 Å². The number of nitrogens with zero attached hydrogens (tertiary/aromatic N) is 1. The number of aliphatic imine (C=N–C) groups is 1. The Balaban J connectivity index is 0. The molecule has 9 heteroatoms. The molecular weight excluding hydrogens is 288 g/mol. The van der Waals surface area contributed by atoms with Gasteiger partial charge in [0.1, 0.15) is 5.60 Å². The molecule has 0 radical (unpaired) electrons. The zero-order chi connectivity index (χ0) is 15.3. The van der Waals surface area contributed by atoms with Crippen molar-refractivity contribution in [3.05, 3.63) is 0 Å². The molecule has 0 unspecified atom stereocenters. The molecule has 0 spiro atoms. The SMILES string of the molecule is CC(C)(C)OC(=O)[C@](N)(CCCN=C(N)N)C(=O)O.Cl. The van der Waals surface area contributed by atoms with E-state index in [2.05, 4.69) is 4.99 Å². The molecule has 0 saturated carbocycles. The average molecular weight is 311 g/mol. The minimum absolute atomic E-state index is 0. The lowest BCUT2D eigenvalue weighted by molar-refractivity contribution is -0.169. The average Bonchev–Trinajstić information content (AvgIpc) is 2.20. The van der Waals surface area contributed by atoms with Gasteiger partial charge in [0.15, 0.2) is 5.96 Å². The van der Waals surface area contributed by atoms with Gasteiger partial charge in [-0.2, -0.15) is 0 Å². The fourth-order valence-electron chi connectivity index (χ4n) is 1.23. The van der Waals surface area contributed by atoms with E-state index in [4.69, 9.17) is 27.0 Å². The lowest BCUT2D eigenvalue weighted by Gasteiger charge is -2.27. The van der Waals surface area contributed by atoms with Crippen molar-refractivity contribution in [3.63, 3.8) is 0 Å². The Morgan fingerprint density at radius 3 is 2.10 bits per heavy atom. The van der Waals surface area contributed by atoms with Crippen molar-refractivity contribution in [1.29, 1.82) is 0 Å². The first-order valence-corrected chi connectivity index (χ1v) is 5.80. The lowest BCUT2D eigenvalue weighted by atomic mass is 9.94. The second-order valence-corrected chi connectivity index (χ2v) is 5.19. The molecular formula is C11H23ClN4O4. The molecule has 1 atom stereocenters. The predicted octanol–water partition coefficient (Wildman–Crippen LogP) is -0.414. The van der Waals surface area contributed by atoms with Crippen LogP contribution in [0.25, 0.3) is 0 Å². The Kier molecular flexibility index (Phi) is 8.21. The smallest absolute Gasteiger partial charge is 0.338 e. The maximum absolute atomic E-state index is 11.8. The van der Waals surface area contributed by atoms with Crippen LogP contribution in [0.3, 0.4) is 0 Å². The van der Waals surface area contributed by atoms with Crippen molar-refractivity contribution in [2.24, 2.45) is 22.2 Å². The van der Waals surface area contributed by atoms with Crippen LogP contribution in [0.5, 0.6) is 0 Å². The van der Waals surface area contributed by atoms with E-state index < -0.39 is 23.1 Å². The van der Waals surface area contributed by atoms with Crippen molar-refractivity contribution >= 4 is 30.3 Å². The molecule has 0 saturated heterocycles. The van der Waals surface area contributed by atoms with Gasteiger partial charge in [-0.05, 0) is 33.6 Å². The van der Waals surface area contributed by atoms with Crippen LogP contribution in [0.4, 0.5) is 0 Å². The zero-order valence-electron chi connectivity index (χ0n) is 11.9. The topological polar surface area (TPSA) is 154 Å². The number of aliphatic carboxylic acids is 1. The monoisotopic (exact) mass is 310 g/mol. The summed E-state index contributed by atoms with van der Waals surface area (Å²) in [5, 5.41) is 9.10. The summed E-state index contributed by atoms with van der Waals surface area (Å²) in [6, 6.07) is 0. The maximum Gasteiger partial charge on any atom is 0.338 e. The normalized spacial score (nSPS) is 13.6. The number of halogens is 1. The summed E-state index contributed by atoms with van der Waals surface area (Å²) in [6.45, 7) is 5.09. The highest BCUT2D eigenvalue weighted by molar-refractivity contribution is 6.03. The minimum atomic E-state index is -2.09. The van der Waals surface area contributed by atoms with Gasteiger partial charge in [0.05, 0.1) is 0 Å². The van der Waals surface area contributed by atoms with Crippen molar-refractivity contribution in [2.45, 2.75) is 44.8 Å². The Morgan fingerprint density at radius 2 is 1.75 bits per heavy atom. The Bertz CT molecular complexity index is 377. The fourth-order valence-corrected chi connectivity index (χ4v) is 1.23. The molecule has 0 aliphatic heterocycles. The number of guanidine groups is 1. The van der Waals surface area contributed by atoms with Gasteiger partial charge in [-0.25, -0.2) is 9.59 Å². The molecule has 7 N–H and O–H groups in total. The summed E-state index contributed by atoms with van der Waals surface area (Å²) in [6.07, 6.45) is 0.133. The number of carbonyl (C=O) groups excluding carboxylic acids is 1. The Labute approximate surface area is 124 Å². The van der Waals surface area contributed by atoms with Crippen molar-refractivity contribution < 1.29 is 19.4 Å². The largest absolute Gasteiger partial charge is 0.479 e. The molecule has 0 aromatic carbocycles. The molecule has 0 aromatic heterocycles. The molecule has 8 nitrogen and oxygen atoms in total. The van der Waals surface area contributed by atoms with Crippen LogP contribution in [0.2, 0.25) is 0 Å². The number of esters is 1. The van der Waals surface area contributed by atoms with E-state index in [-0.39, 0.29) is 37.8 Å². The van der Waals surface area contributed by atoms with E-state index in [1.165, 1.54) is 0 Å². The van der Waals surface area contributed by atoms with Gasteiger partial charge in [0.25, 0.3) is 0 Å². The number of carboxylic acid groups (broad SMARTS) is 1. The van der Waals surface area contributed by atoms with Gasteiger partial charge >= 0.3 is 11.9 Å². The van der Waals surface area contributed by atoms with Crippen molar-refractivity contribution in [2.75, 3.05) is 6.54 Å². The molecule has 0 aromatic rings. The van der Waals surface area contributed by atoms with E-state index in [9.17, 15) is 9.59 Å². The first-order chi connectivity index (χ1) is 8.49. The third kappa shape index (κ3) is 7.15. The summed E-state index contributed by atoms with van der Waals surface area (Å²) in [5.74, 6) is -2.51. The highest BCUT2D eigenvalue weighted by atomic mass is 35.5. The van der Waals surface area contributed by atoms with E-state index in [0.717, 1.165) is 0 Å². The maximum atomic E-state index is 11.8. The summed E-state index contributed by atoms with van der Waals surface area (Å²) >= 11 is 0. The predicted molar refractivity (Wildman–Crippen MR) is 77.6 cm³/mol. The zero-order valence-corrected chi connectivity index (χ0v) is 12.7. The summed E-state index contributed by atoms with van der Waals surface area (Å²) in [7, 11) is 0. The molecule has 20 heavy (non-hydrogen) atoms. The molecule has 0 fully saturated rings. The molecule has 0 heterocycles. The van der Waals surface area contributed by atoms with E-state index in [1.54, 1.807) is 20.8 Å². The second-order valence-electron chi connectivity index (χ2n) is 5.19. The number of hydrogen-bond donors (Lipinski definition) is 4. The van der Waals surface area contributed by atoms with Gasteiger partial charge in [-0.15, -0.1) is 12.4 Å². The van der Waals surface area contributed by atoms with E-state index >= 15 is 0 Å². The van der Waals surface area contributed by atoms with Crippen LogP contribution in [-0.4, -0.2) is 40.7 Å². The standard InChI is InChI=1S/C11H22N4O4.ClH/c1-10(2,3)19-8(18)11(14,7(16)17)5-4-6-15-9(12)13;/h4-6,14H2,1-3H3,(H,16,17)(H4,12,13,15);1H/t11-;/m0./s1. The summed E-state index contributed by atoms with van der Waals surface area (Å²) < 4.78 is 5.01. The number of nitrogens with two attached hydrogens (primary N) is 3. The van der Waals surface area contributed by atoms with E-state index in [1.807, 2.05) is 0 Å². The van der Waals surface area contributed by atoms with Crippen molar-refractivity contribution in [3.8, 4) is 0 Å². The van der Waals surface area contributed by atoms with Crippen molar-refractivity contribution in [1.82, 2.24) is 0 Å². The molecule has 118 valence electrons. The van der Waals surface area contributed by atoms with Gasteiger partial charge < -0.3 is 27.0 Å². The fraction of sp³-hybridized carbons (Fsp3) is 0.727. The Hall–Kier alpha value is -1.54. The first kappa shape index (κ1) is 20.8. The van der Waals surface area contributed by atoms with Crippen LogP contribution in [0.15, 0.2) is 4.99 Å². The first-order valence-electron chi connectivity index (χ1n) is 5.80. The highest BCUT2D eigenvalue weighted by Gasteiger charge is 2.44.